The number of rotatable bonds is 5. The van der Waals surface area contributed by atoms with Gasteiger partial charge in [0.1, 0.15) is 18.1 Å². The molecule has 7 heteroatoms. The summed E-state index contributed by atoms with van der Waals surface area (Å²) in [5.74, 6) is 2.51. The fraction of sp³-hybridized carbons (Fsp3) is 0.444. The van der Waals surface area contributed by atoms with Gasteiger partial charge in [0, 0.05) is 11.1 Å². The zero-order chi connectivity index (χ0) is 17.7. The van der Waals surface area contributed by atoms with E-state index < -0.39 is 0 Å². The molecule has 138 valence electrons. The molecule has 6 nitrogen and oxygen atoms in total. The monoisotopic (exact) mass is 458 g/mol. The number of nitrogens with zero attached hydrogens (tertiary/aromatic N) is 2. The first-order valence-corrected chi connectivity index (χ1v) is 8.03. The van der Waals surface area contributed by atoms with Crippen LogP contribution in [0.15, 0.2) is 39.9 Å². The largest absolute Gasteiger partial charge is 0.491 e. The highest BCUT2D eigenvalue weighted by molar-refractivity contribution is 14.0. The van der Waals surface area contributed by atoms with Crippen LogP contribution < -0.4 is 15.8 Å². The SMILES string of the molecule is CC(C)Oc1ccc(NC(N)=NCc2ncc(C(C)(C)C)o2)cc1.I. The van der Waals surface area contributed by atoms with Gasteiger partial charge in [0.2, 0.25) is 5.89 Å². The van der Waals surface area contributed by atoms with Gasteiger partial charge in [0.15, 0.2) is 5.96 Å². The first kappa shape index (κ1) is 21.3. The minimum Gasteiger partial charge on any atom is -0.491 e. The topological polar surface area (TPSA) is 85.7 Å². The Bertz CT molecular complexity index is 688. The number of halogens is 1. The fourth-order valence-corrected chi connectivity index (χ4v) is 1.96. The summed E-state index contributed by atoms with van der Waals surface area (Å²) in [6.45, 7) is 10.5. The molecule has 0 radical (unpaired) electrons. The second-order valence-corrected chi connectivity index (χ2v) is 6.89. The highest BCUT2D eigenvalue weighted by Gasteiger charge is 2.18. The summed E-state index contributed by atoms with van der Waals surface area (Å²) < 4.78 is 11.3. The second-order valence-electron chi connectivity index (χ2n) is 6.89. The predicted octanol–water partition coefficient (Wildman–Crippen LogP) is 4.30. The minimum absolute atomic E-state index is 0. The molecule has 0 fully saturated rings. The fourth-order valence-electron chi connectivity index (χ4n) is 1.96. The third-order valence-corrected chi connectivity index (χ3v) is 3.18. The van der Waals surface area contributed by atoms with E-state index in [1.54, 1.807) is 6.20 Å². The van der Waals surface area contributed by atoms with Gasteiger partial charge >= 0.3 is 0 Å². The Kier molecular flexibility index (Phi) is 7.72. The number of aliphatic imine (C=N–C) groups is 1. The lowest BCUT2D eigenvalue weighted by molar-refractivity contribution is 0.242. The van der Waals surface area contributed by atoms with Crippen LogP contribution in [0.4, 0.5) is 5.69 Å². The summed E-state index contributed by atoms with van der Waals surface area (Å²) in [5, 5.41) is 3.03. The average Bonchev–Trinajstić information content (AvgIpc) is 2.96. The predicted molar refractivity (Wildman–Crippen MR) is 112 cm³/mol. The van der Waals surface area contributed by atoms with Crippen LogP contribution in [-0.4, -0.2) is 17.0 Å². The third kappa shape index (κ3) is 6.93. The molecule has 2 rings (SSSR count). The summed E-state index contributed by atoms with van der Waals surface area (Å²) in [6, 6.07) is 7.56. The molecular weight excluding hydrogens is 431 g/mol. The Hall–Kier alpha value is -1.77. The van der Waals surface area contributed by atoms with Gasteiger partial charge in [-0.1, -0.05) is 20.8 Å². The lowest BCUT2D eigenvalue weighted by atomic mass is 9.94. The van der Waals surface area contributed by atoms with Crippen LogP contribution in [0.5, 0.6) is 5.75 Å². The zero-order valence-electron chi connectivity index (χ0n) is 15.4. The van der Waals surface area contributed by atoms with Crippen LogP contribution in [0.3, 0.4) is 0 Å². The van der Waals surface area contributed by atoms with Crippen molar-refractivity contribution in [3.8, 4) is 5.75 Å². The normalized spacial score (nSPS) is 12.0. The van der Waals surface area contributed by atoms with Gasteiger partial charge in [-0.25, -0.2) is 9.98 Å². The van der Waals surface area contributed by atoms with Gasteiger partial charge in [-0.05, 0) is 38.1 Å². The zero-order valence-corrected chi connectivity index (χ0v) is 17.7. The van der Waals surface area contributed by atoms with E-state index in [-0.39, 0.29) is 35.5 Å². The molecule has 0 bridgehead atoms. The van der Waals surface area contributed by atoms with Crippen molar-refractivity contribution < 1.29 is 9.15 Å². The van der Waals surface area contributed by atoms with Crippen LogP contribution in [-0.2, 0) is 12.0 Å². The van der Waals surface area contributed by atoms with E-state index in [9.17, 15) is 0 Å². The number of aromatic nitrogens is 1. The maximum absolute atomic E-state index is 5.90. The van der Waals surface area contributed by atoms with Crippen molar-refractivity contribution in [3.05, 3.63) is 42.1 Å². The van der Waals surface area contributed by atoms with Gasteiger partial charge in [-0.15, -0.1) is 24.0 Å². The minimum atomic E-state index is -0.0709. The van der Waals surface area contributed by atoms with E-state index in [0.29, 0.717) is 18.4 Å². The quantitative estimate of drug-likeness (QED) is 0.397. The molecule has 0 amide bonds. The summed E-state index contributed by atoms with van der Waals surface area (Å²) in [6.07, 6.45) is 1.89. The Morgan fingerprint density at radius 3 is 2.44 bits per heavy atom. The van der Waals surface area contributed by atoms with E-state index >= 15 is 0 Å². The van der Waals surface area contributed by atoms with Crippen molar-refractivity contribution >= 4 is 35.6 Å². The summed E-state index contributed by atoms with van der Waals surface area (Å²) in [5.41, 5.74) is 6.67. The lowest BCUT2D eigenvalue weighted by Gasteiger charge is -2.13. The lowest BCUT2D eigenvalue weighted by Crippen LogP contribution is -2.22. The van der Waals surface area contributed by atoms with Gasteiger partial charge in [0.25, 0.3) is 0 Å². The molecule has 0 aliphatic carbocycles. The summed E-state index contributed by atoms with van der Waals surface area (Å²) in [7, 11) is 0. The van der Waals surface area contributed by atoms with Crippen molar-refractivity contribution in [1.29, 1.82) is 0 Å². The van der Waals surface area contributed by atoms with Crippen molar-refractivity contribution in [2.45, 2.75) is 52.7 Å². The van der Waals surface area contributed by atoms with E-state index in [4.69, 9.17) is 14.9 Å². The molecule has 1 aromatic carbocycles. The highest BCUT2D eigenvalue weighted by Crippen LogP contribution is 2.22. The summed E-state index contributed by atoms with van der Waals surface area (Å²) >= 11 is 0. The smallest absolute Gasteiger partial charge is 0.216 e. The molecule has 0 aliphatic heterocycles. The number of nitrogens with one attached hydrogen (secondary N) is 1. The molecule has 0 spiro atoms. The summed E-state index contributed by atoms with van der Waals surface area (Å²) in [4.78, 5) is 8.48. The molecule has 0 atom stereocenters. The van der Waals surface area contributed by atoms with Crippen LogP contribution in [0.1, 0.15) is 46.3 Å². The van der Waals surface area contributed by atoms with Crippen LogP contribution in [0, 0.1) is 0 Å². The van der Waals surface area contributed by atoms with E-state index in [1.165, 1.54) is 0 Å². The van der Waals surface area contributed by atoms with E-state index in [2.05, 4.69) is 36.1 Å². The third-order valence-electron chi connectivity index (χ3n) is 3.18. The van der Waals surface area contributed by atoms with Crippen molar-refractivity contribution in [2.75, 3.05) is 5.32 Å². The van der Waals surface area contributed by atoms with E-state index in [1.807, 2.05) is 38.1 Å². The molecule has 2 aromatic rings. The average molecular weight is 458 g/mol. The van der Waals surface area contributed by atoms with Gasteiger partial charge in [0.05, 0.1) is 12.3 Å². The van der Waals surface area contributed by atoms with E-state index in [0.717, 1.165) is 17.2 Å². The molecule has 0 saturated heterocycles. The number of oxazole rings is 1. The highest BCUT2D eigenvalue weighted by atomic mass is 127. The van der Waals surface area contributed by atoms with Crippen molar-refractivity contribution in [3.63, 3.8) is 0 Å². The first-order valence-electron chi connectivity index (χ1n) is 8.03. The standard InChI is InChI=1S/C18H26N4O2.HI/c1-12(2)23-14-8-6-13(7-9-14)22-17(19)21-11-16-20-10-15(24-16)18(3,4)5;/h6-10,12H,11H2,1-5H3,(H3,19,21,22);1H. The first-order chi connectivity index (χ1) is 11.2. The van der Waals surface area contributed by atoms with Crippen molar-refractivity contribution in [1.82, 2.24) is 4.98 Å². The Morgan fingerprint density at radius 1 is 1.28 bits per heavy atom. The molecule has 0 unspecified atom stereocenters. The molecule has 1 heterocycles. The number of hydrogen-bond acceptors (Lipinski definition) is 4. The van der Waals surface area contributed by atoms with Crippen LogP contribution in [0.25, 0.3) is 0 Å². The maximum atomic E-state index is 5.90. The van der Waals surface area contributed by atoms with Gasteiger partial charge in [-0.3, -0.25) is 0 Å². The van der Waals surface area contributed by atoms with Crippen LogP contribution >= 0.6 is 24.0 Å². The van der Waals surface area contributed by atoms with Crippen molar-refractivity contribution in [2.24, 2.45) is 10.7 Å². The number of ether oxygens (including phenoxy) is 1. The molecule has 0 aliphatic rings. The number of benzene rings is 1. The Morgan fingerprint density at radius 2 is 1.92 bits per heavy atom. The van der Waals surface area contributed by atoms with Gasteiger partial charge < -0.3 is 20.2 Å². The number of nitrogens with two attached hydrogens (primary N) is 1. The molecule has 1 aromatic heterocycles. The van der Waals surface area contributed by atoms with Gasteiger partial charge in [-0.2, -0.15) is 0 Å². The molecular formula is C18H27IN4O2. The number of hydrogen-bond donors (Lipinski definition) is 2. The number of guanidine groups is 1. The molecule has 25 heavy (non-hydrogen) atoms. The Labute approximate surface area is 166 Å². The maximum Gasteiger partial charge on any atom is 0.216 e. The molecule has 3 N–H and O–H groups in total. The van der Waals surface area contributed by atoms with Crippen LogP contribution in [0.2, 0.25) is 0 Å². The number of anilines is 1. The second kappa shape index (κ2) is 9.07. The molecule has 0 saturated carbocycles. The Balaban J connectivity index is 0.00000312.